The lowest BCUT2D eigenvalue weighted by Crippen LogP contribution is -1.94. The Bertz CT molecular complexity index is 605. The topological polar surface area (TPSA) is 44.1 Å². The van der Waals surface area contributed by atoms with Gasteiger partial charge >= 0.3 is 0 Å². The number of aryl methyl sites for hydroxylation is 2. The third kappa shape index (κ3) is 1.88. The fraction of sp³-hybridized carbons (Fsp3) is 0.231. The van der Waals surface area contributed by atoms with Crippen LogP contribution in [0, 0.1) is 12.9 Å². The molecule has 0 atom stereocenters. The third-order valence-corrected chi connectivity index (χ3v) is 2.80. The van der Waals surface area contributed by atoms with Crippen molar-refractivity contribution in [3.05, 3.63) is 35.3 Å². The second-order valence-corrected chi connectivity index (χ2v) is 3.98. The van der Waals surface area contributed by atoms with Crippen molar-refractivity contribution in [3.8, 4) is 17.0 Å². The van der Waals surface area contributed by atoms with E-state index in [-0.39, 0.29) is 5.56 Å². The Labute approximate surface area is 104 Å². The summed E-state index contributed by atoms with van der Waals surface area (Å²) >= 11 is 0. The monoisotopic (exact) mass is 248 g/mol. The minimum absolute atomic E-state index is 0.0259. The van der Waals surface area contributed by atoms with E-state index in [0.29, 0.717) is 17.5 Å². The lowest BCUT2D eigenvalue weighted by atomic mass is 10.1. The third-order valence-electron chi connectivity index (χ3n) is 2.80. The van der Waals surface area contributed by atoms with E-state index in [1.54, 1.807) is 19.2 Å². The van der Waals surface area contributed by atoms with Gasteiger partial charge in [-0.15, -0.1) is 0 Å². The van der Waals surface area contributed by atoms with Crippen molar-refractivity contribution in [2.75, 3.05) is 7.11 Å². The van der Waals surface area contributed by atoms with E-state index in [4.69, 9.17) is 4.74 Å². The molecule has 2 aromatic rings. The van der Waals surface area contributed by atoms with Gasteiger partial charge in [0.15, 0.2) is 6.29 Å². The van der Waals surface area contributed by atoms with Gasteiger partial charge in [-0.2, -0.15) is 9.49 Å². The SMILES string of the molecule is COc1ccc(-c2nn(C)c(F)c2C=O)cc1C. The number of carbonyl (C=O) groups is 1. The van der Waals surface area contributed by atoms with Gasteiger partial charge in [-0.25, -0.2) is 4.68 Å². The van der Waals surface area contributed by atoms with Crippen molar-refractivity contribution in [2.45, 2.75) is 6.92 Å². The van der Waals surface area contributed by atoms with Gasteiger partial charge in [0.1, 0.15) is 11.4 Å². The largest absolute Gasteiger partial charge is 0.496 e. The van der Waals surface area contributed by atoms with Gasteiger partial charge in [0, 0.05) is 12.6 Å². The molecule has 1 aromatic carbocycles. The summed E-state index contributed by atoms with van der Waals surface area (Å²) in [5, 5.41) is 4.02. The van der Waals surface area contributed by atoms with Crippen LogP contribution >= 0.6 is 0 Å². The number of methoxy groups -OCH3 is 1. The number of aldehydes is 1. The van der Waals surface area contributed by atoms with Gasteiger partial charge in [-0.1, -0.05) is 0 Å². The summed E-state index contributed by atoms with van der Waals surface area (Å²) in [6.07, 6.45) is 0.483. The fourth-order valence-electron chi connectivity index (χ4n) is 1.86. The maximum Gasteiger partial charge on any atom is 0.222 e. The molecule has 0 N–H and O–H groups in total. The van der Waals surface area contributed by atoms with Crippen LogP contribution in [0.2, 0.25) is 0 Å². The Morgan fingerprint density at radius 3 is 2.72 bits per heavy atom. The number of carbonyl (C=O) groups excluding carboxylic acids is 1. The Hall–Kier alpha value is -2.17. The number of hydrogen-bond acceptors (Lipinski definition) is 3. The smallest absolute Gasteiger partial charge is 0.222 e. The van der Waals surface area contributed by atoms with Crippen molar-refractivity contribution in [3.63, 3.8) is 0 Å². The molecular formula is C13H13FN2O2. The second kappa shape index (κ2) is 4.60. The number of hydrogen-bond donors (Lipinski definition) is 0. The highest BCUT2D eigenvalue weighted by atomic mass is 19.1. The molecule has 1 heterocycles. The molecule has 0 aliphatic rings. The Balaban J connectivity index is 2.58. The number of benzene rings is 1. The molecule has 0 amide bonds. The van der Waals surface area contributed by atoms with Crippen molar-refractivity contribution in [1.82, 2.24) is 9.78 Å². The van der Waals surface area contributed by atoms with Crippen molar-refractivity contribution < 1.29 is 13.9 Å². The first-order chi connectivity index (χ1) is 8.58. The summed E-state index contributed by atoms with van der Waals surface area (Å²) in [5.41, 5.74) is 1.91. The highest BCUT2D eigenvalue weighted by Crippen LogP contribution is 2.27. The van der Waals surface area contributed by atoms with E-state index >= 15 is 0 Å². The molecule has 2 rings (SSSR count). The molecule has 94 valence electrons. The zero-order valence-corrected chi connectivity index (χ0v) is 10.4. The first-order valence-electron chi connectivity index (χ1n) is 5.41. The van der Waals surface area contributed by atoms with Crippen LogP contribution in [-0.2, 0) is 7.05 Å². The summed E-state index contributed by atoms with van der Waals surface area (Å²) in [6, 6.07) is 5.33. The maximum atomic E-state index is 13.6. The summed E-state index contributed by atoms with van der Waals surface area (Å²) in [7, 11) is 3.04. The minimum atomic E-state index is -0.631. The standard InChI is InChI=1S/C13H13FN2O2/c1-8-6-9(4-5-11(8)18-3)12-10(7-17)13(14)16(2)15-12/h4-7H,1-3H3. The summed E-state index contributed by atoms with van der Waals surface area (Å²) in [6.45, 7) is 1.88. The number of ether oxygens (including phenoxy) is 1. The number of nitrogens with zero attached hydrogens (tertiary/aromatic N) is 2. The lowest BCUT2D eigenvalue weighted by molar-refractivity contribution is 0.112. The van der Waals surface area contributed by atoms with Gasteiger partial charge in [-0.3, -0.25) is 4.79 Å². The van der Waals surface area contributed by atoms with Crippen LogP contribution in [-0.4, -0.2) is 23.2 Å². The summed E-state index contributed by atoms with van der Waals surface area (Å²) < 4.78 is 19.8. The molecule has 0 radical (unpaired) electrons. The van der Waals surface area contributed by atoms with E-state index in [2.05, 4.69) is 5.10 Å². The molecule has 0 saturated carbocycles. The maximum absolute atomic E-state index is 13.6. The first kappa shape index (κ1) is 12.3. The Morgan fingerprint density at radius 1 is 1.44 bits per heavy atom. The quantitative estimate of drug-likeness (QED) is 0.783. The zero-order valence-electron chi connectivity index (χ0n) is 10.4. The van der Waals surface area contributed by atoms with Gasteiger partial charge in [0.2, 0.25) is 5.95 Å². The van der Waals surface area contributed by atoms with E-state index in [9.17, 15) is 9.18 Å². The average Bonchev–Trinajstić information content (AvgIpc) is 2.65. The van der Waals surface area contributed by atoms with Crippen molar-refractivity contribution in [1.29, 1.82) is 0 Å². The van der Waals surface area contributed by atoms with Gasteiger partial charge in [0.05, 0.1) is 12.7 Å². The van der Waals surface area contributed by atoms with Crippen LogP contribution in [0.25, 0.3) is 11.3 Å². The molecule has 18 heavy (non-hydrogen) atoms. The zero-order chi connectivity index (χ0) is 13.3. The van der Waals surface area contributed by atoms with Gasteiger partial charge in [0.25, 0.3) is 0 Å². The molecule has 0 bridgehead atoms. The van der Waals surface area contributed by atoms with E-state index in [1.165, 1.54) is 7.05 Å². The lowest BCUT2D eigenvalue weighted by Gasteiger charge is -2.06. The van der Waals surface area contributed by atoms with Crippen molar-refractivity contribution in [2.24, 2.45) is 7.05 Å². The van der Waals surface area contributed by atoms with E-state index in [0.717, 1.165) is 16.0 Å². The van der Waals surface area contributed by atoms with Crippen LogP contribution in [0.3, 0.4) is 0 Å². The minimum Gasteiger partial charge on any atom is -0.496 e. The van der Waals surface area contributed by atoms with Crippen LogP contribution in [0.15, 0.2) is 18.2 Å². The van der Waals surface area contributed by atoms with Crippen LogP contribution in [0.5, 0.6) is 5.75 Å². The molecule has 0 unspecified atom stereocenters. The van der Waals surface area contributed by atoms with Crippen LogP contribution in [0.1, 0.15) is 15.9 Å². The highest BCUT2D eigenvalue weighted by Gasteiger charge is 2.17. The molecular weight excluding hydrogens is 235 g/mol. The van der Waals surface area contributed by atoms with Crippen LogP contribution in [0.4, 0.5) is 4.39 Å². The summed E-state index contributed by atoms with van der Waals surface area (Å²) in [5.74, 6) is 0.108. The molecule has 0 fully saturated rings. The number of halogens is 1. The predicted molar refractivity (Wildman–Crippen MR) is 65.3 cm³/mol. The molecule has 4 nitrogen and oxygen atoms in total. The molecule has 1 aromatic heterocycles. The fourth-order valence-corrected chi connectivity index (χ4v) is 1.86. The van der Waals surface area contributed by atoms with Crippen LogP contribution < -0.4 is 4.74 Å². The van der Waals surface area contributed by atoms with E-state index < -0.39 is 5.95 Å². The Kier molecular flexibility index (Phi) is 3.14. The average molecular weight is 248 g/mol. The van der Waals surface area contributed by atoms with Gasteiger partial charge < -0.3 is 4.74 Å². The molecule has 0 aliphatic carbocycles. The summed E-state index contributed by atoms with van der Waals surface area (Å²) in [4.78, 5) is 10.9. The normalized spacial score (nSPS) is 10.4. The molecule has 0 aliphatic heterocycles. The number of aromatic nitrogens is 2. The van der Waals surface area contributed by atoms with Crippen molar-refractivity contribution >= 4 is 6.29 Å². The predicted octanol–water partition coefficient (Wildman–Crippen LogP) is 2.36. The first-order valence-corrected chi connectivity index (χ1v) is 5.41. The van der Waals surface area contributed by atoms with Gasteiger partial charge in [-0.05, 0) is 30.7 Å². The highest BCUT2D eigenvalue weighted by molar-refractivity contribution is 5.86. The molecule has 0 spiro atoms. The van der Waals surface area contributed by atoms with E-state index in [1.807, 2.05) is 13.0 Å². The number of rotatable bonds is 3. The Morgan fingerprint density at radius 2 is 2.17 bits per heavy atom. The second-order valence-electron chi connectivity index (χ2n) is 3.98. The molecule has 0 saturated heterocycles. The molecule has 5 heteroatoms.